The van der Waals surface area contributed by atoms with E-state index in [0.29, 0.717) is 5.75 Å². The molecule has 1 saturated heterocycles. The topological polar surface area (TPSA) is 40.9 Å². The molecule has 0 saturated carbocycles. The largest absolute Gasteiger partial charge is 0.297 e. The molecule has 48 valence electrons. The summed E-state index contributed by atoms with van der Waals surface area (Å²) < 4.78 is 0. The zero-order chi connectivity index (χ0) is 6.85. The minimum Gasteiger partial charge on any atom is -0.297 e. The van der Waals surface area contributed by atoms with Crippen molar-refractivity contribution in [3.05, 3.63) is 0 Å². The van der Waals surface area contributed by atoms with Crippen molar-refractivity contribution in [2.45, 2.75) is 12.2 Å². The Bertz CT molecular complexity index is 172. The third-order valence-electron chi connectivity index (χ3n) is 1.41. The molecule has 1 aliphatic heterocycles. The lowest BCUT2D eigenvalue weighted by molar-refractivity contribution is -0.119. The minimum absolute atomic E-state index is 0.0506. The average Bonchev–Trinajstić information content (AvgIpc) is 2.15. The Balaban J connectivity index is 2.65. The van der Waals surface area contributed by atoms with Gasteiger partial charge in [0.05, 0.1) is 11.3 Å². The Labute approximate surface area is 58.2 Å². The number of nitriles is 1. The predicted octanol–water partition coefficient (Wildman–Crippen LogP) is 0.831. The van der Waals surface area contributed by atoms with Crippen LogP contribution in [0.4, 0.5) is 0 Å². The van der Waals surface area contributed by atoms with Crippen LogP contribution in [0.3, 0.4) is 0 Å². The van der Waals surface area contributed by atoms with Gasteiger partial charge >= 0.3 is 0 Å². The van der Waals surface area contributed by atoms with Gasteiger partial charge in [0.15, 0.2) is 5.78 Å². The standard InChI is InChI=1S/C6H7NOS/c1-4-6(8)5(2-7)3-9-4/h4-5H,3H2,1H3. The summed E-state index contributed by atoms with van der Waals surface area (Å²) in [6.45, 7) is 1.85. The van der Waals surface area contributed by atoms with Crippen LogP contribution in [-0.2, 0) is 4.79 Å². The molecule has 9 heavy (non-hydrogen) atoms. The molecule has 2 nitrogen and oxygen atoms in total. The molecule has 0 aliphatic carbocycles. The van der Waals surface area contributed by atoms with Crippen molar-refractivity contribution in [1.29, 1.82) is 5.26 Å². The SMILES string of the molecule is CC1SCC(C#N)C1=O. The lowest BCUT2D eigenvalue weighted by atomic mass is 10.1. The highest BCUT2D eigenvalue weighted by atomic mass is 32.2. The van der Waals surface area contributed by atoms with Gasteiger partial charge < -0.3 is 0 Å². The van der Waals surface area contributed by atoms with Crippen molar-refractivity contribution < 1.29 is 4.79 Å². The molecule has 0 N–H and O–H groups in total. The van der Waals surface area contributed by atoms with E-state index < -0.39 is 0 Å². The second-order valence-electron chi connectivity index (χ2n) is 2.06. The third-order valence-corrected chi connectivity index (χ3v) is 2.67. The summed E-state index contributed by atoms with van der Waals surface area (Å²) >= 11 is 1.57. The summed E-state index contributed by atoms with van der Waals surface area (Å²) in [6.07, 6.45) is 0. The zero-order valence-electron chi connectivity index (χ0n) is 5.13. The number of hydrogen-bond donors (Lipinski definition) is 0. The monoisotopic (exact) mass is 141 g/mol. The maximum absolute atomic E-state index is 10.9. The van der Waals surface area contributed by atoms with Crippen LogP contribution in [-0.4, -0.2) is 16.8 Å². The summed E-state index contributed by atoms with van der Waals surface area (Å²) in [5, 5.41) is 8.42. The number of carbonyl (C=O) groups is 1. The molecule has 0 aromatic heterocycles. The summed E-state index contributed by atoms with van der Waals surface area (Å²) in [7, 11) is 0. The molecule has 1 heterocycles. The van der Waals surface area contributed by atoms with Crippen molar-refractivity contribution in [3.8, 4) is 6.07 Å². The quantitative estimate of drug-likeness (QED) is 0.501. The molecular formula is C6H7NOS. The predicted molar refractivity (Wildman–Crippen MR) is 36.0 cm³/mol. The summed E-state index contributed by atoms with van der Waals surface area (Å²) in [5.41, 5.74) is 0. The highest BCUT2D eigenvalue weighted by molar-refractivity contribution is 8.01. The van der Waals surface area contributed by atoms with Crippen LogP contribution in [0.1, 0.15) is 6.92 Å². The normalized spacial score (nSPS) is 34.4. The second-order valence-corrected chi connectivity index (χ2v) is 3.43. The van der Waals surface area contributed by atoms with E-state index in [1.165, 1.54) is 0 Å². The van der Waals surface area contributed by atoms with Crippen LogP contribution in [0.15, 0.2) is 0 Å². The number of thioether (sulfide) groups is 1. The van der Waals surface area contributed by atoms with E-state index in [-0.39, 0.29) is 17.0 Å². The first kappa shape index (κ1) is 6.63. The van der Waals surface area contributed by atoms with Gasteiger partial charge in [-0.15, -0.1) is 11.8 Å². The van der Waals surface area contributed by atoms with Gasteiger partial charge in [-0.05, 0) is 6.92 Å². The Morgan fingerprint density at radius 2 is 2.56 bits per heavy atom. The van der Waals surface area contributed by atoms with Crippen molar-refractivity contribution in [1.82, 2.24) is 0 Å². The van der Waals surface area contributed by atoms with Crippen LogP contribution in [0, 0.1) is 17.2 Å². The van der Waals surface area contributed by atoms with Crippen molar-refractivity contribution in [2.24, 2.45) is 5.92 Å². The first-order chi connectivity index (χ1) is 4.25. The molecule has 0 aromatic carbocycles. The first-order valence-corrected chi connectivity index (χ1v) is 3.85. The van der Waals surface area contributed by atoms with Crippen LogP contribution in [0.5, 0.6) is 0 Å². The number of Topliss-reactive ketones (excluding diaryl/α,β-unsaturated/α-hetero) is 1. The highest BCUT2D eigenvalue weighted by Crippen LogP contribution is 2.26. The highest BCUT2D eigenvalue weighted by Gasteiger charge is 2.31. The van der Waals surface area contributed by atoms with Gasteiger partial charge in [-0.1, -0.05) is 0 Å². The molecule has 0 aromatic rings. The van der Waals surface area contributed by atoms with Crippen LogP contribution in [0.2, 0.25) is 0 Å². The van der Waals surface area contributed by atoms with Gasteiger partial charge in [-0.25, -0.2) is 0 Å². The van der Waals surface area contributed by atoms with E-state index >= 15 is 0 Å². The maximum atomic E-state index is 10.9. The van der Waals surface area contributed by atoms with Crippen LogP contribution >= 0.6 is 11.8 Å². The molecule has 2 atom stereocenters. The van der Waals surface area contributed by atoms with E-state index in [1.807, 2.05) is 13.0 Å². The van der Waals surface area contributed by atoms with Crippen LogP contribution in [0.25, 0.3) is 0 Å². The van der Waals surface area contributed by atoms with E-state index in [2.05, 4.69) is 0 Å². The fourth-order valence-electron chi connectivity index (χ4n) is 0.789. The molecular weight excluding hydrogens is 134 g/mol. The Morgan fingerprint density at radius 1 is 1.89 bits per heavy atom. The Kier molecular flexibility index (Phi) is 1.77. The molecule has 2 unspecified atom stereocenters. The van der Waals surface area contributed by atoms with Gasteiger partial charge in [0, 0.05) is 5.75 Å². The number of nitrogens with zero attached hydrogens (tertiary/aromatic N) is 1. The molecule has 1 rings (SSSR count). The second kappa shape index (κ2) is 2.40. The minimum atomic E-state index is -0.329. The number of rotatable bonds is 0. The molecule has 3 heteroatoms. The molecule has 0 radical (unpaired) electrons. The van der Waals surface area contributed by atoms with Gasteiger partial charge in [-0.3, -0.25) is 4.79 Å². The average molecular weight is 141 g/mol. The van der Waals surface area contributed by atoms with Crippen molar-refractivity contribution in [3.63, 3.8) is 0 Å². The molecule has 0 amide bonds. The van der Waals surface area contributed by atoms with Crippen LogP contribution < -0.4 is 0 Å². The van der Waals surface area contributed by atoms with Gasteiger partial charge in [0.25, 0.3) is 0 Å². The van der Waals surface area contributed by atoms with Gasteiger partial charge in [-0.2, -0.15) is 5.26 Å². The molecule has 1 aliphatic rings. The van der Waals surface area contributed by atoms with Gasteiger partial charge in [0.2, 0.25) is 0 Å². The Hall–Kier alpha value is -0.490. The fraction of sp³-hybridized carbons (Fsp3) is 0.667. The van der Waals surface area contributed by atoms with E-state index in [1.54, 1.807) is 11.8 Å². The smallest absolute Gasteiger partial charge is 0.163 e. The van der Waals surface area contributed by atoms with E-state index in [9.17, 15) is 4.79 Å². The Morgan fingerprint density at radius 3 is 2.78 bits per heavy atom. The molecule has 0 bridgehead atoms. The lowest BCUT2D eigenvalue weighted by Gasteiger charge is -1.93. The molecule has 1 fully saturated rings. The van der Waals surface area contributed by atoms with Crippen molar-refractivity contribution >= 4 is 17.5 Å². The number of ketones is 1. The lowest BCUT2D eigenvalue weighted by Crippen LogP contribution is -2.13. The maximum Gasteiger partial charge on any atom is 0.163 e. The van der Waals surface area contributed by atoms with Gasteiger partial charge in [0.1, 0.15) is 5.92 Å². The number of hydrogen-bond acceptors (Lipinski definition) is 3. The first-order valence-electron chi connectivity index (χ1n) is 2.80. The number of carbonyl (C=O) groups excluding carboxylic acids is 1. The zero-order valence-corrected chi connectivity index (χ0v) is 5.94. The fourth-order valence-corrected chi connectivity index (χ4v) is 1.84. The summed E-state index contributed by atoms with van der Waals surface area (Å²) in [5.74, 6) is 0.462. The summed E-state index contributed by atoms with van der Waals surface area (Å²) in [6, 6.07) is 1.97. The third kappa shape index (κ3) is 1.08. The summed E-state index contributed by atoms with van der Waals surface area (Å²) in [4.78, 5) is 10.9. The van der Waals surface area contributed by atoms with E-state index in [4.69, 9.17) is 5.26 Å². The molecule has 0 spiro atoms. The van der Waals surface area contributed by atoms with Crippen molar-refractivity contribution in [2.75, 3.05) is 5.75 Å². The van der Waals surface area contributed by atoms with E-state index in [0.717, 1.165) is 0 Å².